The van der Waals surface area contributed by atoms with Crippen LogP contribution in [0.1, 0.15) is 52.5 Å². The second-order valence-electron chi connectivity index (χ2n) is 9.17. The number of carboxylic acid groups (broad SMARTS) is 1. The molecule has 1 atom stereocenters. The number of carbonyl (C=O) groups excluding carboxylic acids is 1. The lowest BCUT2D eigenvalue weighted by molar-refractivity contribution is -0.137. The summed E-state index contributed by atoms with van der Waals surface area (Å²) in [5, 5.41) is 14.8. The quantitative estimate of drug-likeness (QED) is 0.350. The Labute approximate surface area is 200 Å². The summed E-state index contributed by atoms with van der Waals surface area (Å²) < 4.78 is 14.1. The van der Waals surface area contributed by atoms with Crippen molar-refractivity contribution in [3.05, 3.63) is 52.8 Å². The van der Waals surface area contributed by atoms with E-state index in [1.54, 1.807) is 6.07 Å². The molecule has 1 unspecified atom stereocenters. The molecule has 6 nitrogen and oxygen atoms in total. The number of hydrogen-bond acceptors (Lipinski definition) is 3. The van der Waals surface area contributed by atoms with Gasteiger partial charge in [-0.25, -0.2) is 9.18 Å². The van der Waals surface area contributed by atoms with E-state index in [1.807, 2.05) is 19.1 Å². The van der Waals surface area contributed by atoms with Crippen molar-refractivity contribution in [2.45, 2.75) is 47.0 Å². The van der Waals surface area contributed by atoms with E-state index in [4.69, 9.17) is 11.6 Å². The maximum Gasteiger partial charge on any atom is 0.323 e. The third-order valence-electron chi connectivity index (χ3n) is 5.01. The number of rotatable bonds is 10. The average Bonchev–Trinajstić information content (AvgIpc) is 2.68. The highest BCUT2D eigenvalue weighted by Gasteiger charge is 2.19. The van der Waals surface area contributed by atoms with E-state index in [0.717, 1.165) is 30.4 Å². The van der Waals surface area contributed by atoms with Crippen molar-refractivity contribution in [1.82, 2.24) is 0 Å². The molecule has 0 radical (unpaired) electrons. The molecule has 0 saturated heterocycles. The number of aliphatic carboxylic acids is 1. The van der Waals surface area contributed by atoms with Crippen LogP contribution in [0.25, 0.3) is 0 Å². The number of nitrogens with zero attached hydrogens (tertiary/aromatic N) is 1. The van der Waals surface area contributed by atoms with Crippen LogP contribution in [0.4, 0.5) is 26.2 Å². The summed E-state index contributed by atoms with van der Waals surface area (Å²) in [7, 11) is 0. The molecule has 3 N–H and O–H groups in total. The molecule has 0 fully saturated rings. The smallest absolute Gasteiger partial charge is 0.323 e. The van der Waals surface area contributed by atoms with Gasteiger partial charge >= 0.3 is 12.0 Å². The lowest BCUT2D eigenvalue weighted by atomic mass is 9.96. The number of benzene rings is 2. The molecule has 0 aliphatic rings. The fraction of sp³-hybridized carbons (Fsp3) is 0.440. The van der Waals surface area contributed by atoms with Gasteiger partial charge in [-0.3, -0.25) is 4.79 Å². The Balaban J connectivity index is 2.40. The molecule has 0 heterocycles. The Morgan fingerprint density at radius 1 is 0.970 bits per heavy atom. The van der Waals surface area contributed by atoms with Crippen LogP contribution in [0.3, 0.4) is 0 Å². The summed E-state index contributed by atoms with van der Waals surface area (Å²) in [6.45, 7) is 11.9. The van der Waals surface area contributed by atoms with Crippen molar-refractivity contribution in [2.24, 2.45) is 11.8 Å². The molecule has 0 aromatic heterocycles. The minimum absolute atomic E-state index is 0.00932. The molecule has 180 valence electrons. The van der Waals surface area contributed by atoms with Crippen molar-refractivity contribution < 1.29 is 19.1 Å². The second-order valence-corrected chi connectivity index (χ2v) is 9.61. The standard InChI is InChI=1S/C25H33ClFN3O3/c1-15(2)13-30(14-16(3)4)23-9-6-18(17(5)10-24(31)32)11-22(23)29-25(33)28-21-8-7-19(26)12-20(21)27/h6-9,11-12,15-17H,10,13-14H2,1-5H3,(H,31,32)(H2,28,29,33). The molecule has 0 saturated carbocycles. The fourth-order valence-corrected chi connectivity index (χ4v) is 3.79. The largest absolute Gasteiger partial charge is 0.481 e. The number of hydrogen-bond donors (Lipinski definition) is 3. The van der Waals surface area contributed by atoms with Crippen molar-refractivity contribution in [3.8, 4) is 0 Å². The molecular formula is C25H33ClFN3O3. The van der Waals surface area contributed by atoms with Gasteiger partial charge in [0.05, 0.1) is 23.5 Å². The van der Waals surface area contributed by atoms with Gasteiger partial charge in [0.2, 0.25) is 0 Å². The highest BCUT2D eigenvalue weighted by molar-refractivity contribution is 6.30. The topological polar surface area (TPSA) is 81.7 Å². The van der Waals surface area contributed by atoms with Crippen molar-refractivity contribution in [3.63, 3.8) is 0 Å². The first kappa shape index (κ1) is 26.5. The normalized spacial score (nSPS) is 12.0. The van der Waals surface area contributed by atoms with Crippen LogP contribution < -0.4 is 15.5 Å². The zero-order valence-corrected chi connectivity index (χ0v) is 20.5. The maximum absolute atomic E-state index is 14.1. The lowest BCUT2D eigenvalue weighted by Gasteiger charge is -2.31. The molecule has 2 rings (SSSR count). The van der Waals surface area contributed by atoms with Gasteiger partial charge in [0, 0.05) is 18.1 Å². The Kier molecular flexibility index (Phi) is 9.53. The lowest BCUT2D eigenvalue weighted by Crippen LogP contribution is -2.32. The van der Waals surface area contributed by atoms with Gasteiger partial charge in [0.25, 0.3) is 0 Å². The Bertz CT molecular complexity index is 971. The monoisotopic (exact) mass is 477 g/mol. The van der Waals surface area contributed by atoms with E-state index in [2.05, 4.69) is 43.2 Å². The summed E-state index contributed by atoms with van der Waals surface area (Å²) in [6, 6.07) is 9.03. The maximum atomic E-state index is 14.1. The number of anilines is 3. The predicted molar refractivity (Wildman–Crippen MR) is 133 cm³/mol. The third kappa shape index (κ3) is 8.24. The first-order chi connectivity index (χ1) is 15.5. The van der Waals surface area contributed by atoms with E-state index in [0.29, 0.717) is 17.5 Å². The van der Waals surface area contributed by atoms with Crippen LogP contribution in [0.15, 0.2) is 36.4 Å². The van der Waals surface area contributed by atoms with Crippen molar-refractivity contribution in [1.29, 1.82) is 0 Å². The van der Waals surface area contributed by atoms with Crippen LogP contribution in [0, 0.1) is 17.7 Å². The first-order valence-corrected chi connectivity index (χ1v) is 11.5. The molecule has 0 bridgehead atoms. The molecule has 8 heteroatoms. The van der Waals surface area contributed by atoms with E-state index >= 15 is 0 Å². The number of urea groups is 1. The van der Waals surface area contributed by atoms with E-state index in [1.165, 1.54) is 12.1 Å². The molecule has 2 aromatic rings. The first-order valence-electron chi connectivity index (χ1n) is 11.1. The van der Waals surface area contributed by atoms with Gasteiger partial charge in [-0.2, -0.15) is 0 Å². The van der Waals surface area contributed by atoms with Gasteiger partial charge in [-0.05, 0) is 53.6 Å². The van der Waals surface area contributed by atoms with E-state index < -0.39 is 17.8 Å². The molecule has 0 spiro atoms. The summed E-state index contributed by atoms with van der Waals surface area (Å²) in [4.78, 5) is 26.2. The average molecular weight is 478 g/mol. The molecular weight excluding hydrogens is 445 g/mol. The summed E-state index contributed by atoms with van der Waals surface area (Å²) in [5.41, 5.74) is 2.17. The van der Waals surface area contributed by atoms with Gasteiger partial charge in [0.1, 0.15) is 5.82 Å². The fourth-order valence-electron chi connectivity index (χ4n) is 3.64. The molecule has 2 amide bonds. The number of nitrogens with one attached hydrogen (secondary N) is 2. The number of amides is 2. The number of halogens is 2. The molecule has 0 aliphatic heterocycles. The third-order valence-corrected chi connectivity index (χ3v) is 5.24. The van der Waals surface area contributed by atoms with Gasteiger partial charge in [-0.15, -0.1) is 0 Å². The molecule has 2 aromatic carbocycles. The Morgan fingerprint density at radius 3 is 2.12 bits per heavy atom. The van der Waals surface area contributed by atoms with Gasteiger partial charge in [0.15, 0.2) is 0 Å². The second kappa shape index (κ2) is 11.9. The van der Waals surface area contributed by atoms with E-state index in [-0.39, 0.29) is 23.0 Å². The summed E-state index contributed by atoms with van der Waals surface area (Å²) in [5.74, 6) is -0.989. The zero-order valence-electron chi connectivity index (χ0n) is 19.8. The highest BCUT2D eigenvalue weighted by atomic mass is 35.5. The number of carboxylic acids is 1. The number of carbonyl (C=O) groups is 2. The van der Waals surface area contributed by atoms with Crippen LogP contribution in [0.2, 0.25) is 5.02 Å². The van der Waals surface area contributed by atoms with Crippen LogP contribution >= 0.6 is 11.6 Å². The SMILES string of the molecule is CC(C)CN(CC(C)C)c1ccc(C(C)CC(=O)O)cc1NC(=O)Nc1ccc(Cl)cc1F. The Hall–Kier alpha value is -2.80. The minimum atomic E-state index is -0.890. The predicted octanol–water partition coefficient (Wildman–Crippen LogP) is 6.82. The van der Waals surface area contributed by atoms with Crippen LogP contribution in [0.5, 0.6) is 0 Å². The minimum Gasteiger partial charge on any atom is -0.481 e. The Morgan fingerprint density at radius 2 is 1.58 bits per heavy atom. The van der Waals surface area contributed by atoms with E-state index in [9.17, 15) is 19.1 Å². The van der Waals surface area contributed by atoms with Crippen molar-refractivity contribution >= 4 is 40.7 Å². The summed E-state index contributed by atoms with van der Waals surface area (Å²) >= 11 is 5.79. The van der Waals surface area contributed by atoms with Gasteiger partial charge in [-0.1, -0.05) is 52.3 Å². The molecule has 33 heavy (non-hydrogen) atoms. The highest BCUT2D eigenvalue weighted by Crippen LogP contribution is 2.32. The van der Waals surface area contributed by atoms with Crippen LogP contribution in [-0.2, 0) is 4.79 Å². The zero-order chi connectivity index (χ0) is 24.7. The summed E-state index contributed by atoms with van der Waals surface area (Å²) in [6.07, 6.45) is -0.0251. The van der Waals surface area contributed by atoms with Crippen LogP contribution in [-0.4, -0.2) is 30.2 Å². The van der Waals surface area contributed by atoms with Gasteiger partial charge < -0.3 is 20.6 Å². The van der Waals surface area contributed by atoms with Crippen molar-refractivity contribution in [2.75, 3.05) is 28.6 Å². The molecule has 0 aliphatic carbocycles.